The number of nitrogens with zero attached hydrogens (tertiary/aromatic N) is 2. The zero-order valence-electron chi connectivity index (χ0n) is 20.8. The first-order valence-electron chi connectivity index (χ1n) is 13.1. The normalized spacial score (nSPS) is 23.3. The lowest BCUT2D eigenvalue weighted by molar-refractivity contribution is 0.0700. The number of aromatic nitrogens is 1. The summed E-state index contributed by atoms with van der Waals surface area (Å²) in [6, 6.07) is 14.2. The number of amides is 1. The maximum absolute atomic E-state index is 13.4. The molecule has 1 amide bonds. The van der Waals surface area contributed by atoms with Crippen molar-refractivity contribution in [3.05, 3.63) is 59.2 Å². The molecule has 2 saturated carbocycles. The van der Waals surface area contributed by atoms with Crippen LogP contribution in [0.5, 0.6) is 0 Å². The fourth-order valence-electron chi connectivity index (χ4n) is 6.47. The lowest BCUT2D eigenvalue weighted by Gasteiger charge is -2.27. The smallest absolute Gasteiger partial charge is 0.254 e. The van der Waals surface area contributed by atoms with Crippen LogP contribution in [0, 0.1) is 18.8 Å². The van der Waals surface area contributed by atoms with Crippen molar-refractivity contribution in [3.63, 3.8) is 0 Å². The van der Waals surface area contributed by atoms with Crippen LogP contribution in [-0.4, -0.2) is 39.8 Å². The molecule has 0 spiro atoms. The number of piperidine rings is 1. The number of ketones is 1. The van der Waals surface area contributed by atoms with E-state index in [1.807, 2.05) is 41.3 Å². The second-order valence-corrected chi connectivity index (χ2v) is 11.1. The predicted octanol–water partition coefficient (Wildman–Crippen LogP) is 5.54. The standard InChI is InChI=1S/C30H31N3O3/c1-16-23-9-7-21(30(35)33-15-22-8-10-24(33)28(22)31)13-27(23)36-29(16)26-12-20-6-5-19(17(2)34)11-25(20)32(26)14-18-3-4-18/h5-7,9,11-13,18,22,24,28H,3-4,8,10,14-15,31H2,1-2H3/t22?,24?,28-/m1/s1. The van der Waals surface area contributed by atoms with Gasteiger partial charge in [0.2, 0.25) is 0 Å². The van der Waals surface area contributed by atoms with Gasteiger partial charge in [-0.25, -0.2) is 0 Å². The molecule has 184 valence electrons. The average Bonchev–Trinajstić information content (AvgIpc) is 3.29. The molecule has 6 nitrogen and oxygen atoms in total. The zero-order valence-corrected chi connectivity index (χ0v) is 20.8. The minimum atomic E-state index is 0.0507. The van der Waals surface area contributed by atoms with Gasteiger partial charge in [0.1, 0.15) is 5.58 Å². The zero-order chi connectivity index (χ0) is 24.7. The quantitative estimate of drug-likeness (QED) is 0.380. The van der Waals surface area contributed by atoms with E-state index in [0.29, 0.717) is 17.4 Å². The molecule has 3 fully saturated rings. The van der Waals surface area contributed by atoms with E-state index in [2.05, 4.69) is 17.6 Å². The van der Waals surface area contributed by atoms with Gasteiger partial charge in [-0.1, -0.05) is 18.2 Å². The molecule has 2 aromatic carbocycles. The van der Waals surface area contributed by atoms with Crippen molar-refractivity contribution in [2.75, 3.05) is 6.54 Å². The van der Waals surface area contributed by atoms with Crippen LogP contribution in [0.15, 0.2) is 46.9 Å². The molecule has 2 aliphatic carbocycles. The van der Waals surface area contributed by atoms with Crippen molar-refractivity contribution >= 4 is 33.6 Å². The summed E-state index contributed by atoms with van der Waals surface area (Å²) in [4.78, 5) is 27.4. The fourth-order valence-corrected chi connectivity index (χ4v) is 6.47. The number of hydrogen-bond donors (Lipinski definition) is 1. The fraction of sp³-hybridized carbons (Fsp3) is 0.400. The molecule has 3 aliphatic rings. The maximum Gasteiger partial charge on any atom is 0.254 e. The lowest BCUT2D eigenvalue weighted by atomic mass is 10.1. The first kappa shape index (κ1) is 21.9. The van der Waals surface area contributed by atoms with Gasteiger partial charge in [-0.2, -0.15) is 0 Å². The number of likely N-dealkylation sites (tertiary alicyclic amines) is 1. The number of carbonyl (C=O) groups is 2. The molecule has 1 aliphatic heterocycles. The summed E-state index contributed by atoms with van der Waals surface area (Å²) in [5, 5.41) is 2.13. The maximum atomic E-state index is 13.4. The van der Waals surface area contributed by atoms with E-state index in [9.17, 15) is 9.59 Å². The number of Topliss-reactive ketones (excluding diaryl/α,β-unsaturated/α-hetero) is 1. The summed E-state index contributed by atoms with van der Waals surface area (Å²) in [7, 11) is 0. The van der Waals surface area contributed by atoms with Gasteiger partial charge in [0.05, 0.1) is 5.69 Å². The first-order valence-corrected chi connectivity index (χ1v) is 13.1. The summed E-state index contributed by atoms with van der Waals surface area (Å²) in [6.45, 7) is 5.37. The van der Waals surface area contributed by atoms with E-state index in [1.54, 1.807) is 6.92 Å². The number of benzene rings is 2. The van der Waals surface area contributed by atoms with Gasteiger partial charge in [-0.3, -0.25) is 9.59 Å². The molecule has 3 atom stereocenters. The van der Waals surface area contributed by atoms with Gasteiger partial charge in [0, 0.05) is 58.2 Å². The molecule has 4 aromatic rings. The molecular weight excluding hydrogens is 450 g/mol. The second kappa shape index (κ2) is 7.81. The van der Waals surface area contributed by atoms with Crippen molar-refractivity contribution in [2.45, 2.75) is 58.2 Å². The Labute approximate surface area is 210 Å². The monoisotopic (exact) mass is 481 g/mol. The van der Waals surface area contributed by atoms with E-state index in [-0.39, 0.29) is 23.8 Å². The number of furan rings is 1. The summed E-state index contributed by atoms with van der Waals surface area (Å²) < 4.78 is 8.81. The Morgan fingerprint density at radius 2 is 1.83 bits per heavy atom. The van der Waals surface area contributed by atoms with Gasteiger partial charge in [0.25, 0.3) is 5.91 Å². The van der Waals surface area contributed by atoms with Crippen LogP contribution in [0.2, 0.25) is 0 Å². The van der Waals surface area contributed by atoms with Crippen LogP contribution < -0.4 is 5.73 Å². The molecular formula is C30H31N3O3. The molecule has 7 rings (SSSR count). The summed E-state index contributed by atoms with van der Waals surface area (Å²) in [6.07, 6.45) is 4.59. The van der Waals surface area contributed by atoms with Crippen LogP contribution in [0.25, 0.3) is 33.3 Å². The third-order valence-corrected chi connectivity index (χ3v) is 8.78. The van der Waals surface area contributed by atoms with Gasteiger partial charge in [-0.15, -0.1) is 0 Å². The molecule has 2 N–H and O–H groups in total. The molecule has 6 heteroatoms. The summed E-state index contributed by atoms with van der Waals surface area (Å²) >= 11 is 0. The minimum Gasteiger partial charge on any atom is -0.454 e. The van der Waals surface area contributed by atoms with Crippen LogP contribution in [0.4, 0.5) is 0 Å². The van der Waals surface area contributed by atoms with Crippen molar-refractivity contribution < 1.29 is 14.0 Å². The van der Waals surface area contributed by atoms with Gasteiger partial charge in [0.15, 0.2) is 11.5 Å². The number of nitrogens with two attached hydrogens (primary N) is 1. The predicted molar refractivity (Wildman–Crippen MR) is 140 cm³/mol. The Balaban J connectivity index is 1.31. The number of aryl methyl sites for hydroxylation is 1. The molecule has 3 heterocycles. The SMILES string of the molecule is CC(=O)c1ccc2cc(-c3oc4cc(C(=O)N5CC6CCC5[C@@H]6N)ccc4c3C)n(CC3CC3)c2c1. The Kier molecular flexibility index (Phi) is 4.74. The number of hydrogen-bond acceptors (Lipinski definition) is 4. The van der Waals surface area contributed by atoms with Crippen molar-refractivity contribution in [1.29, 1.82) is 0 Å². The van der Waals surface area contributed by atoms with E-state index in [1.165, 1.54) is 12.8 Å². The highest BCUT2D eigenvalue weighted by atomic mass is 16.3. The van der Waals surface area contributed by atoms with Crippen LogP contribution in [0.3, 0.4) is 0 Å². The largest absolute Gasteiger partial charge is 0.454 e. The average molecular weight is 482 g/mol. The number of rotatable bonds is 5. The topological polar surface area (TPSA) is 81.5 Å². The van der Waals surface area contributed by atoms with E-state index in [4.69, 9.17) is 10.2 Å². The van der Waals surface area contributed by atoms with Crippen molar-refractivity contribution in [2.24, 2.45) is 17.6 Å². The molecule has 2 unspecified atom stereocenters. The van der Waals surface area contributed by atoms with Crippen molar-refractivity contribution in [3.8, 4) is 11.5 Å². The Bertz CT molecular complexity index is 1560. The molecule has 2 bridgehead atoms. The second-order valence-electron chi connectivity index (χ2n) is 11.1. The third kappa shape index (κ3) is 3.27. The van der Waals surface area contributed by atoms with Gasteiger partial charge >= 0.3 is 0 Å². The highest BCUT2D eigenvalue weighted by molar-refractivity contribution is 6.01. The Morgan fingerprint density at radius 1 is 1.03 bits per heavy atom. The van der Waals surface area contributed by atoms with Crippen LogP contribution in [-0.2, 0) is 6.54 Å². The van der Waals surface area contributed by atoms with Crippen molar-refractivity contribution in [1.82, 2.24) is 9.47 Å². The Hall–Kier alpha value is -3.38. The van der Waals surface area contributed by atoms with Gasteiger partial charge in [-0.05, 0) is 75.6 Å². The highest BCUT2D eigenvalue weighted by Gasteiger charge is 2.46. The van der Waals surface area contributed by atoms with Crippen LogP contribution >= 0.6 is 0 Å². The van der Waals surface area contributed by atoms with E-state index >= 15 is 0 Å². The lowest BCUT2D eigenvalue weighted by Crippen LogP contribution is -2.41. The van der Waals surface area contributed by atoms with Crippen LogP contribution in [0.1, 0.15) is 58.9 Å². The summed E-state index contributed by atoms with van der Waals surface area (Å²) in [5.41, 5.74) is 11.6. The third-order valence-electron chi connectivity index (χ3n) is 8.78. The number of carbonyl (C=O) groups excluding carboxylic acids is 2. The first-order chi connectivity index (χ1) is 17.4. The van der Waals surface area contributed by atoms with E-state index in [0.717, 1.165) is 70.4 Å². The van der Waals surface area contributed by atoms with Gasteiger partial charge < -0.3 is 19.6 Å². The molecule has 2 aromatic heterocycles. The minimum absolute atomic E-state index is 0.0507. The Morgan fingerprint density at radius 3 is 2.53 bits per heavy atom. The highest BCUT2D eigenvalue weighted by Crippen LogP contribution is 2.41. The molecule has 36 heavy (non-hydrogen) atoms. The van der Waals surface area contributed by atoms with E-state index < -0.39 is 0 Å². The summed E-state index contributed by atoms with van der Waals surface area (Å²) in [5.74, 6) is 2.04. The number of fused-ring (bicyclic) bond motifs is 4. The molecule has 0 radical (unpaired) electrons. The molecule has 1 saturated heterocycles.